The molecule has 0 radical (unpaired) electrons. The molecule has 0 saturated carbocycles. The van der Waals surface area contributed by atoms with E-state index in [1.165, 1.54) is 6.92 Å². The Hall–Kier alpha value is -3.34. The number of anilines is 1. The Morgan fingerprint density at radius 2 is 1.52 bits per heavy atom. The summed E-state index contributed by atoms with van der Waals surface area (Å²) >= 11 is 0. The molecule has 0 spiro atoms. The smallest absolute Gasteiger partial charge is 0.265 e. The van der Waals surface area contributed by atoms with Crippen LogP contribution in [0.3, 0.4) is 0 Å². The van der Waals surface area contributed by atoms with Gasteiger partial charge in [0.15, 0.2) is 11.9 Å². The molecule has 0 aliphatic carbocycles. The van der Waals surface area contributed by atoms with Crippen molar-refractivity contribution in [3.8, 4) is 11.5 Å². The van der Waals surface area contributed by atoms with Gasteiger partial charge in [-0.3, -0.25) is 9.59 Å². The number of carbonyl (C=O) groups is 2. The monoisotopic (exact) mass is 363 g/mol. The van der Waals surface area contributed by atoms with Crippen molar-refractivity contribution in [1.29, 1.82) is 0 Å². The van der Waals surface area contributed by atoms with E-state index in [9.17, 15) is 9.59 Å². The fourth-order valence-electron chi connectivity index (χ4n) is 2.69. The third-order valence-corrected chi connectivity index (χ3v) is 4.26. The molecule has 0 unspecified atom stereocenters. The summed E-state index contributed by atoms with van der Waals surface area (Å²) in [6.07, 6.45) is -0.680. The highest BCUT2D eigenvalue weighted by Crippen LogP contribution is 2.25. The molecule has 0 saturated heterocycles. The first kappa shape index (κ1) is 18.5. The highest BCUT2D eigenvalue weighted by Gasteiger charge is 2.15. The van der Waals surface area contributed by atoms with Crippen LogP contribution in [-0.4, -0.2) is 24.9 Å². The van der Waals surface area contributed by atoms with Crippen molar-refractivity contribution in [2.24, 2.45) is 0 Å². The van der Waals surface area contributed by atoms with Gasteiger partial charge in [-0.25, -0.2) is 0 Å². The largest absolute Gasteiger partial charge is 0.497 e. The molecular formula is C22H21NO4. The van der Waals surface area contributed by atoms with Gasteiger partial charge in [-0.1, -0.05) is 12.1 Å². The minimum Gasteiger partial charge on any atom is -0.497 e. The molecule has 27 heavy (non-hydrogen) atoms. The maximum Gasteiger partial charge on any atom is 0.265 e. The van der Waals surface area contributed by atoms with Crippen LogP contribution in [0.4, 0.5) is 5.69 Å². The second kappa shape index (κ2) is 7.91. The van der Waals surface area contributed by atoms with E-state index >= 15 is 0 Å². The van der Waals surface area contributed by atoms with Crippen LogP contribution < -0.4 is 14.8 Å². The van der Waals surface area contributed by atoms with Crippen molar-refractivity contribution in [3.05, 3.63) is 66.2 Å². The van der Waals surface area contributed by atoms with Crippen molar-refractivity contribution in [2.75, 3.05) is 12.4 Å². The van der Waals surface area contributed by atoms with Gasteiger partial charge < -0.3 is 14.8 Å². The lowest BCUT2D eigenvalue weighted by atomic mass is 10.1. The molecule has 1 amide bonds. The average Bonchev–Trinajstić information content (AvgIpc) is 2.67. The van der Waals surface area contributed by atoms with Gasteiger partial charge >= 0.3 is 0 Å². The van der Waals surface area contributed by atoms with Gasteiger partial charge in [-0.05, 0) is 73.2 Å². The highest BCUT2D eigenvalue weighted by atomic mass is 16.5. The lowest BCUT2D eigenvalue weighted by molar-refractivity contribution is -0.122. The van der Waals surface area contributed by atoms with E-state index in [0.717, 1.165) is 16.5 Å². The maximum absolute atomic E-state index is 12.4. The minimum absolute atomic E-state index is 0.0162. The third kappa shape index (κ3) is 4.44. The Balaban J connectivity index is 1.68. The van der Waals surface area contributed by atoms with Crippen molar-refractivity contribution in [1.82, 2.24) is 0 Å². The summed E-state index contributed by atoms with van der Waals surface area (Å²) in [5.41, 5.74) is 1.22. The average molecular weight is 363 g/mol. The second-order valence-corrected chi connectivity index (χ2v) is 6.26. The van der Waals surface area contributed by atoms with Gasteiger partial charge in [0.1, 0.15) is 11.5 Å². The molecule has 0 bridgehead atoms. The molecule has 5 nitrogen and oxygen atoms in total. The van der Waals surface area contributed by atoms with Crippen LogP contribution in [0.2, 0.25) is 0 Å². The number of methoxy groups -OCH3 is 1. The van der Waals surface area contributed by atoms with Crippen molar-refractivity contribution < 1.29 is 19.1 Å². The van der Waals surface area contributed by atoms with Crippen LogP contribution in [-0.2, 0) is 4.79 Å². The topological polar surface area (TPSA) is 64.6 Å². The van der Waals surface area contributed by atoms with E-state index in [1.807, 2.05) is 36.4 Å². The molecule has 5 heteroatoms. The summed E-state index contributed by atoms with van der Waals surface area (Å²) in [4.78, 5) is 23.7. The number of amides is 1. The summed E-state index contributed by atoms with van der Waals surface area (Å²) in [6.45, 7) is 3.19. The zero-order valence-corrected chi connectivity index (χ0v) is 15.5. The predicted molar refractivity (Wildman–Crippen MR) is 106 cm³/mol. The predicted octanol–water partition coefficient (Wildman–Crippen LogP) is 4.46. The minimum atomic E-state index is -0.680. The van der Waals surface area contributed by atoms with E-state index in [0.29, 0.717) is 17.0 Å². The van der Waals surface area contributed by atoms with Crippen molar-refractivity contribution >= 4 is 28.2 Å². The highest BCUT2D eigenvalue weighted by molar-refractivity contribution is 5.96. The number of carbonyl (C=O) groups excluding carboxylic acids is 2. The second-order valence-electron chi connectivity index (χ2n) is 6.26. The summed E-state index contributed by atoms with van der Waals surface area (Å²) in [5, 5.41) is 4.82. The molecule has 1 atom stereocenters. The fourth-order valence-corrected chi connectivity index (χ4v) is 2.69. The van der Waals surface area contributed by atoms with E-state index in [1.54, 1.807) is 38.3 Å². The standard InChI is InChI=1S/C22H21NO4/c1-14(24)16-4-8-19(9-5-16)23-22(25)15(2)27-21-11-7-17-6-10-20(26-3)12-18(17)13-21/h4-13,15H,1-3H3,(H,23,25)/t15-/m1/s1. The Morgan fingerprint density at radius 1 is 0.889 bits per heavy atom. The van der Waals surface area contributed by atoms with Gasteiger partial charge in [0.25, 0.3) is 5.91 Å². The normalized spacial score (nSPS) is 11.7. The molecule has 0 aliphatic heterocycles. The number of ether oxygens (including phenoxy) is 2. The van der Waals surface area contributed by atoms with Gasteiger partial charge in [-0.15, -0.1) is 0 Å². The Morgan fingerprint density at radius 3 is 2.15 bits per heavy atom. The van der Waals surface area contributed by atoms with Gasteiger partial charge in [0.2, 0.25) is 0 Å². The lowest BCUT2D eigenvalue weighted by Crippen LogP contribution is -2.30. The van der Waals surface area contributed by atoms with E-state index in [4.69, 9.17) is 9.47 Å². The molecule has 138 valence electrons. The molecule has 0 aromatic heterocycles. The first-order valence-electron chi connectivity index (χ1n) is 8.62. The molecular weight excluding hydrogens is 342 g/mol. The molecule has 3 rings (SSSR count). The molecule has 0 heterocycles. The van der Waals surface area contributed by atoms with Crippen molar-refractivity contribution in [2.45, 2.75) is 20.0 Å². The van der Waals surface area contributed by atoms with Gasteiger partial charge in [0.05, 0.1) is 7.11 Å². The van der Waals surface area contributed by atoms with Crippen LogP contribution in [0, 0.1) is 0 Å². The molecule has 0 fully saturated rings. The first-order chi connectivity index (χ1) is 13.0. The number of ketones is 1. The van der Waals surface area contributed by atoms with Crippen LogP contribution in [0.25, 0.3) is 10.8 Å². The number of rotatable bonds is 6. The van der Waals surface area contributed by atoms with Gasteiger partial charge in [-0.2, -0.15) is 0 Å². The van der Waals surface area contributed by atoms with Crippen LogP contribution in [0.15, 0.2) is 60.7 Å². The molecule has 3 aromatic carbocycles. The van der Waals surface area contributed by atoms with Crippen LogP contribution >= 0.6 is 0 Å². The summed E-state index contributed by atoms with van der Waals surface area (Å²) in [7, 11) is 1.62. The number of fused-ring (bicyclic) bond motifs is 1. The molecule has 0 aliphatic rings. The van der Waals surface area contributed by atoms with Gasteiger partial charge in [0, 0.05) is 11.3 Å². The lowest BCUT2D eigenvalue weighted by Gasteiger charge is -2.15. The third-order valence-electron chi connectivity index (χ3n) is 4.26. The van der Waals surface area contributed by atoms with E-state index < -0.39 is 6.10 Å². The Labute approximate surface area is 157 Å². The van der Waals surface area contributed by atoms with Crippen LogP contribution in [0.1, 0.15) is 24.2 Å². The number of hydrogen-bond donors (Lipinski definition) is 1. The summed E-state index contributed by atoms with van der Waals surface area (Å²) < 4.78 is 11.0. The van der Waals surface area contributed by atoms with Crippen molar-refractivity contribution in [3.63, 3.8) is 0 Å². The zero-order chi connectivity index (χ0) is 19.4. The number of benzene rings is 3. The summed E-state index contributed by atoms with van der Waals surface area (Å²) in [5.74, 6) is 1.08. The van der Waals surface area contributed by atoms with E-state index in [2.05, 4.69) is 5.32 Å². The molecule has 1 N–H and O–H groups in total. The number of hydrogen-bond acceptors (Lipinski definition) is 4. The maximum atomic E-state index is 12.4. The van der Waals surface area contributed by atoms with E-state index in [-0.39, 0.29) is 11.7 Å². The summed E-state index contributed by atoms with van der Waals surface area (Å²) in [6, 6.07) is 18.2. The first-order valence-corrected chi connectivity index (χ1v) is 8.62. The zero-order valence-electron chi connectivity index (χ0n) is 15.5. The Kier molecular flexibility index (Phi) is 5.41. The quantitative estimate of drug-likeness (QED) is 0.657. The Bertz CT molecular complexity index is 979. The SMILES string of the molecule is COc1ccc2ccc(O[C@H](C)C(=O)Nc3ccc(C(C)=O)cc3)cc2c1. The number of Topliss-reactive ketones (excluding diaryl/α,β-unsaturated/α-hetero) is 1. The van der Waals surface area contributed by atoms with Crippen LogP contribution in [0.5, 0.6) is 11.5 Å². The molecule has 3 aromatic rings. The number of nitrogens with one attached hydrogen (secondary N) is 1. The fraction of sp³-hybridized carbons (Fsp3) is 0.182.